The van der Waals surface area contributed by atoms with Crippen molar-refractivity contribution in [3.63, 3.8) is 0 Å². The summed E-state index contributed by atoms with van der Waals surface area (Å²) in [5, 5.41) is 43.7. The standard InChI is InChI=1S/C48H73N13O13S/c49-43(68)38(31-62)59-47(72)37(28-42(66)67)58-41(65)30-56-46(71)36(10-9-20-54-48(50)51)57-40(64)29-55-45(70)33-14-18-35(19-15-33)61-60-34-16-12-32(13-17-34)44(69)53-22-24-74-26-25-73-23-21-52-39(63)11-7-5-3-1-2-4-6-8-27-75/h12-19,36-38,62,75H,1-11,20-31H2,(H2,49,68)(H,52,63)(H,53,69)(H,55,70)(H,56,71)(H,57,64)(H,58,65)(H,59,72)(H,66,67)(H4,50,51,54)/t36-,37-,38-/m0/s1. The van der Waals surface area contributed by atoms with Crippen LogP contribution in [0.1, 0.15) is 97.8 Å². The SMILES string of the molecule is NC(=O)[C@H](CO)NC(=O)[C@H](CC(=O)O)NC(=O)CNC(=O)[C@H](CCCN=C(N)N)NC(=O)CNC(=O)c1ccc(N=Nc2ccc(C(=O)NCCOCCOCCNC(=O)CCCCCCCCCCS)cc2)cc1. The van der Waals surface area contributed by atoms with Crippen molar-refractivity contribution in [3.05, 3.63) is 59.7 Å². The summed E-state index contributed by atoms with van der Waals surface area (Å²) in [5.74, 6) is -6.58. The number of carbonyl (C=O) groups is 9. The van der Waals surface area contributed by atoms with Crippen molar-refractivity contribution in [2.24, 2.45) is 32.4 Å². The number of guanidine groups is 1. The number of amides is 8. The lowest BCUT2D eigenvalue weighted by Gasteiger charge is -2.21. The third-order valence-corrected chi connectivity index (χ3v) is 10.9. The summed E-state index contributed by atoms with van der Waals surface area (Å²) in [6, 6.07) is 7.79. The number of nitrogens with one attached hydrogen (secondary N) is 7. The molecular weight excluding hydrogens is 999 g/mol. The number of carboxylic acid groups (broad SMARTS) is 1. The molecule has 0 aromatic heterocycles. The first kappa shape index (κ1) is 63.9. The second-order valence-corrected chi connectivity index (χ2v) is 17.2. The molecule has 26 nitrogen and oxygen atoms in total. The number of primary amides is 1. The molecular formula is C48H73N13O13S. The van der Waals surface area contributed by atoms with Gasteiger partial charge in [0.1, 0.15) is 18.1 Å². The lowest BCUT2D eigenvalue weighted by Crippen LogP contribution is -2.56. The minimum atomic E-state index is -1.72. The zero-order valence-electron chi connectivity index (χ0n) is 42.0. The fraction of sp³-hybridized carbons (Fsp3) is 0.542. The van der Waals surface area contributed by atoms with Crippen LogP contribution in [0.15, 0.2) is 63.8 Å². The number of aliphatic imine (C=N–C) groups is 1. The normalized spacial score (nSPS) is 12.1. The van der Waals surface area contributed by atoms with Gasteiger partial charge in [-0.3, -0.25) is 48.1 Å². The number of carboxylic acids is 1. The van der Waals surface area contributed by atoms with Crippen LogP contribution in [0.3, 0.4) is 0 Å². The number of unbranched alkanes of at least 4 members (excludes halogenated alkanes) is 7. The smallest absolute Gasteiger partial charge is 0.305 e. The summed E-state index contributed by atoms with van der Waals surface area (Å²) in [4.78, 5) is 115. The second-order valence-electron chi connectivity index (χ2n) is 16.8. The number of azo groups is 1. The van der Waals surface area contributed by atoms with Gasteiger partial charge in [-0.1, -0.05) is 38.5 Å². The molecule has 27 heteroatoms. The number of carbonyl (C=O) groups excluding carboxylic acids is 8. The van der Waals surface area contributed by atoms with Crippen LogP contribution in [0.5, 0.6) is 0 Å². The average Bonchev–Trinajstić information content (AvgIpc) is 3.38. The lowest BCUT2D eigenvalue weighted by molar-refractivity contribution is -0.141. The minimum Gasteiger partial charge on any atom is -0.481 e. The Labute approximate surface area is 440 Å². The van der Waals surface area contributed by atoms with Gasteiger partial charge in [-0.05, 0) is 80.0 Å². The van der Waals surface area contributed by atoms with Gasteiger partial charge < -0.3 is 74.1 Å². The molecule has 0 aliphatic carbocycles. The zero-order valence-corrected chi connectivity index (χ0v) is 42.9. The Morgan fingerprint density at radius 3 is 1.59 bits per heavy atom. The molecule has 0 radical (unpaired) electrons. The number of hydrogen-bond donors (Lipinski definition) is 13. The second kappa shape index (κ2) is 38.4. The average molecular weight is 1070 g/mol. The molecule has 0 bridgehead atoms. The highest BCUT2D eigenvalue weighted by molar-refractivity contribution is 7.80. The minimum absolute atomic E-state index is 0.0308. The van der Waals surface area contributed by atoms with Crippen molar-refractivity contribution in [1.29, 1.82) is 0 Å². The molecule has 15 N–H and O–H groups in total. The van der Waals surface area contributed by atoms with E-state index in [-0.39, 0.29) is 55.9 Å². The van der Waals surface area contributed by atoms with Gasteiger partial charge >= 0.3 is 5.97 Å². The van der Waals surface area contributed by atoms with E-state index in [0.717, 1.165) is 25.0 Å². The summed E-state index contributed by atoms with van der Waals surface area (Å²) >= 11 is 4.23. The van der Waals surface area contributed by atoms with E-state index >= 15 is 0 Å². The van der Waals surface area contributed by atoms with Gasteiger partial charge in [-0.2, -0.15) is 22.9 Å². The molecule has 3 atom stereocenters. The maximum atomic E-state index is 13.1. The predicted molar refractivity (Wildman–Crippen MR) is 279 cm³/mol. The highest BCUT2D eigenvalue weighted by Crippen LogP contribution is 2.19. The number of benzene rings is 2. The molecule has 0 aliphatic heterocycles. The van der Waals surface area contributed by atoms with E-state index in [2.05, 4.69) is 59.8 Å². The zero-order chi connectivity index (χ0) is 55.2. The highest BCUT2D eigenvalue weighted by Gasteiger charge is 2.28. The van der Waals surface area contributed by atoms with Crippen molar-refractivity contribution in [2.45, 2.75) is 95.2 Å². The van der Waals surface area contributed by atoms with Crippen LogP contribution in [0, 0.1) is 0 Å². The van der Waals surface area contributed by atoms with Crippen molar-refractivity contribution in [2.75, 3.05) is 71.5 Å². The summed E-state index contributed by atoms with van der Waals surface area (Å²) < 4.78 is 11.0. The summed E-state index contributed by atoms with van der Waals surface area (Å²) in [6.07, 6.45) is 9.00. The predicted octanol–water partition coefficient (Wildman–Crippen LogP) is -0.272. The van der Waals surface area contributed by atoms with Crippen LogP contribution in [-0.4, -0.2) is 159 Å². The summed E-state index contributed by atoms with van der Waals surface area (Å²) in [7, 11) is 0. The highest BCUT2D eigenvalue weighted by atomic mass is 32.1. The Kier molecular flexibility index (Phi) is 32.7. The largest absolute Gasteiger partial charge is 0.481 e. The molecule has 0 saturated carbocycles. The summed E-state index contributed by atoms with van der Waals surface area (Å²) in [6.45, 7) is -0.0810. The van der Waals surface area contributed by atoms with Crippen molar-refractivity contribution < 1.29 is 62.8 Å². The maximum Gasteiger partial charge on any atom is 0.305 e. The third-order valence-electron chi connectivity index (χ3n) is 10.6. The number of aliphatic hydroxyl groups is 1. The van der Waals surface area contributed by atoms with Crippen molar-refractivity contribution in [3.8, 4) is 0 Å². The van der Waals surface area contributed by atoms with E-state index in [0.29, 0.717) is 49.7 Å². The van der Waals surface area contributed by atoms with Gasteiger partial charge in [0.25, 0.3) is 11.8 Å². The molecule has 2 aromatic rings. The molecule has 0 spiro atoms. The van der Waals surface area contributed by atoms with Crippen molar-refractivity contribution in [1.82, 2.24) is 37.2 Å². The molecule has 414 valence electrons. The van der Waals surface area contributed by atoms with E-state index in [1.54, 1.807) is 24.3 Å². The van der Waals surface area contributed by atoms with E-state index in [1.165, 1.54) is 56.4 Å². The van der Waals surface area contributed by atoms with Gasteiger partial charge in [-0.25, -0.2) is 0 Å². The first-order valence-electron chi connectivity index (χ1n) is 24.6. The van der Waals surface area contributed by atoms with E-state index < -0.39 is 85.7 Å². The van der Waals surface area contributed by atoms with E-state index in [4.69, 9.17) is 26.7 Å². The number of hydrogen-bond acceptors (Lipinski definition) is 16. The maximum absolute atomic E-state index is 13.1. The van der Waals surface area contributed by atoms with Gasteiger partial charge in [0.2, 0.25) is 35.4 Å². The fourth-order valence-corrected chi connectivity index (χ4v) is 6.85. The Hall–Kier alpha value is -7.23. The third kappa shape index (κ3) is 29.9. The van der Waals surface area contributed by atoms with Crippen molar-refractivity contribution >= 4 is 83.2 Å². The first-order valence-corrected chi connectivity index (χ1v) is 25.2. The Morgan fingerprint density at radius 2 is 1.07 bits per heavy atom. The topological polar surface area (TPSA) is 412 Å². The number of thiol groups is 1. The molecule has 0 saturated heterocycles. The van der Waals surface area contributed by atoms with Crippen LogP contribution >= 0.6 is 12.6 Å². The molecule has 0 aliphatic rings. The van der Waals surface area contributed by atoms with Gasteiger partial charge in [0, 0.05) is 37.2 Å². The van der Waals surface area contributed by atoms with Crippen LogP contribution in [-0.2, 0) is 43.0 Å². The molecule has 2 aromatic carbocycles. The number of aliphatic carboxylic acids is 1. The monoisotopic (exact) mass is 1070 g/mol. The van der Waals surface area contributed by atoms with Gasteiger partial charge in [-0.15, -0.1) is 0 Å². The molecule has 0 heterocycles. The Balaban J connectivity index is 1.74. The van der Waals surface area contributed by atoms with Gasteiger partial charge in [0.05, 0.1) is 63.9 Å². The molecule has 8 amide bonds. The Morgan fingerprint density at radius 1 is 0.560 bits per heavy atom. The molecule has 2 rings (SSSR count). The lowest BCUT2D eigenvalue weighted by atomic mass is 10.1. The first-order chi connectivity index (χ1) is 36.0. The molecule has 75 heavy (non-hydrogen) atoms. The van der Waals surface area contributed by atoms with Crippen LogP contribution < -0.4 is 54.4 Å². The Bertz CT molecular complexity index is 2180. The fourth-order valence-electron chi connectivity index (χ4n) is 6.62. The molecule has 0 fully saturated rings. The molecule has 0 unspecified atom stereocenters. The van der Waals surface area contributed by atoms with Crippen LogP contribution in [0.4, 0.5) is 11.4 Å². The summed E-state index contributed by atoms with van der Waals surface area (Å²) in [5.41, 5.74) is 17.2. The van der Waals surface area contributed by atoms with Gasteiger partial charge in [0.15, 0.2) is 5.96 Å². The number of rotatable bonds is 40. The van der Waals surface area contributed by atoms with Crippen LogP contribution in [0.2, 0.25) is 0 Å². The number of nitrogens with two attached hydrogens (primary N) is 3. The number of aliphatic hydroxyl groups excluding tert-OH is 1. The number of nitrogens with zero attached hydrogens (tertiary/aromatic N) is 3. The number of ether oxygens (including phenoxy) is 2. The van der Waals surface area contributed by atoms with Crippen LogP contribution in [0.25, 0.3) is 0 Å². The van der Waals surface area contributed by atoms with E-state index in [1.807, 2.05) is 5.32 Å². The quantitative estimate of drug-likeness (QED) is 0.0134. The van der Waals surface area contributed by atoms with E-state index in [9.17, 15) is 53.4 Å².